The molecule has 1 unspecified atom stereocenters. The van der Waals surface area contributed by atoms with Crippen LogP contribution in [0.25, 0.3) is 27.7 Å². The van der Waals surface area contributed by atoms with Crippen LogP contribution in [0.2, 0.25) is 5.02 Å². The van der Waals surface area contributed by atoms with Gasteiger partial charge in [0.1, 0.15) is 11.6 Å². The standard InChI is InChI=1S/C28H23ClN6O2/c1-16(32-25-21(15-31-28(30)34-25)19-9-6-8-18(14-19)17(2)36)26-33-23-13-7-12-22(29)24(23)27(37)35(26)20-10-4-3-5-11-20/h3-16H,1-2H3,(H3,30,31,32,34). The molecule has 0 saturated heterocycles. The second-order valence-electron chi connectivity index (χ2n) is 8.57. The fraction of sp³-hybridized carbons (Fsp3) is 0.107. The molecule has 3 aromatic carbocycles. The molecule has 0 spiro atoms. The summed E-state index contributed by atoms with van der Waals surface area (Å²) in [5.41, 5.74) is 8.78. The smallest absolute Gasteiger partial charge is 0.267 e. The molecule has 5 aromatic rings. The fourth-order valence-electron chi connectivity index (χ4n) is 4.22. The number of anilines is 2. The van der Waals surface area contributed by atoms with Gasteiger partial charge in [0.25, 0.3) is 5.56 Å². The molecule has 0 aliphatic carbocycles. The lowest BCUT2D eigenvalue weighted by Crippen LogP contribution is -2.27. The lowest BCUT2D eigenvalue weighted by molar-refractivity contribution is 0.101. The van der Waals surface area contributed by atoms with E-state index in [1.807, 2.05) is 43.3 Å². The van der Waals surface area contributed by atoms with Crippen LogP contribution in [0.4, 0.5) is 11.8 Å². The van der Waals surface area contributed by atoms with E-state index in [1.54, 1.807) is 47.2 Å². The molecule has 5 rings (SSSR count). The van der Waals surface area contributed by atoms with Gasteiger partial charge in [0, 0.05) is 17.3 Å². The van der Waals surface area contributed by atoms with Crippen LogP contribution < -0.4 is 16.6 Å². The van der Waals surface area contributed by atoms with Crippen molar-refractivity contribution in [3.8, 4) is 16.8 Å². The normalized spacial score (nSPS) is 11.9. The summed E-state index contributed by atoms with van der Waals surface area (Å²) >= 11 is 6.40. The minimum absolute atomic E-state index is 0.0491. The lowest BCUT2D eigenvalue weighted by atomic mass is 10.0. The van der Waals surface area contributed by atoms with Crippen LogP contribution in [0.3, 0.4) is 0 Å². The van der Waals surface area contributed by atoms with Crippen LogP contribution in [0.15, 0.2) is 83.8 Å². The number of hydrogen-bond donors (Lipinski definition) is 2. The Kier molecular flexibility index (Phi) is 6.42. The van der Waals surface area contributed by atoms with E-state index in [4.69, 9.17) is 22.3 Å². The van der Waals surface area contributed by atoms with Crippen molar-refractivity contribution < 1.29 is 4.79 Å². The maximum Gasteiger partial charge on any atom is 0.267 e. The van der Waals surface area contributed by atoms with Gasteiger partial charge < -0.3 is 11.1 Å². The molecule has 0 fully saturated rings. The topological polar surface area (TPSA) is 116 Å². The van der Waals surface area contributed by atoms with Gasteiger partial charge in [0.2, 0.25) is 5.95 Å². The number of hydrogen-bond acceptors (Lipinski definition) is 7. The number of halogens is 1. The zero-order valence-electron chi connectivity index (χ0n) is 20.1. The highest BCUT2D eigenvalue weighted by Crippen LogP contribution is 2.31. The van der Waals surface area contributed by atoms with Gasteiger partial charge in [0.15, 0.2) is 5.78 Å². The summed E-state index contributed by atoms with van der Waals surface area (Å²) in [7, 11) is 0. The van der Waals surface area contributed by atoms with Crippen molar-refractivity contribution in [1.29, 1.82) is 0 Å². The molecule has 3 N–H and O–H groups in total. The Balaban J connectivity index is 1.66. The Morgan fingerprint density at radius 3 is 2.54 bits per heavy atom. The van der Waals surface area contributed by atoms with E-state index in [0.29, 0.717) is 44.4 Å². The van der Waals surface area contributed by atoms with Crippen LogP contribution in [0, 0.1) is 0 Å². The number of carbonyl (C=O) groups excluding carboxylic acids is 1. The molecule has 0 aliphatic heterocycles. The quantitative estimate of drug-likeness (QED) is 0.291. The summed E-state index contributed by atoms with van der Waals surface area (Å²) in [5.74, 6) is 0.944. The molecule has 184 valence electrons. The van der Waals surface area contributed by atoms with E-state index >= 15 is 0 Å². The molecule has 8 nitrogen and oxygen atoms in total. The summed E-state index contributed by atoms with van der Waals surface area (Å²) in [6, 6.07) is 21.2. The molecule has 2 aromatic heterocycles. The van der Waals surface area contributed by atoms with Gasteiger partial charge >= 0.3 is 0 Å². The number of nitrogens with zero attached hydrogens (tertiary/aromatic N) is 4. The number of nitrogens with one attached hydrogen (secondary N) is 1. The minimum atomic E-state index is -0.486. The Hall–Kier alpha value is -4.56. The molecule has 0 amide bonds. The molecular formula is C28H23ClN6O2. The van der Waals surface area contributed by atoms with Gasteiger partial charge in [-0.15, -0.1) is 0 Å². The molecule has 37 heavy (non-hydrogen) atoms. The van der Waals surface area contributed by atoms with Crippen LogP contribution >= 0.6 is 11.6 Å². The van der Waals surface area contributed by atoms with E-state index in [0.717, 1.165) is 5.56 Å². The molecule has 0 saturated carbocycles. The number of fused-ring (bicyclic) bond motifs is 1. The Bertz CT molecular complexity index is 1700. The van der Waals surface area contributed by atoms with Crippen molar-refractivity contribution in [3.05, 3.63) is 106 Å². The number of ketones is 1. The molecular weight excluding hydrogens is 488 g/mol. The lowest BCUT2D eigenvalue weighted by Gasteiger charge is -2.21. The van der Waals surface area contributed by atoms with Gasteiger partial charge in [-0.25, -0.2) is 9.97 Å². The predicted molar refractivity (Wildman–Crippen MR) is 146 cm³/mol. The molecule has 0 bridgehead atoms. The first-order chi connectivity index (χ1) is 17.8. The maximum atomic E-state index is 13.7. The van der Waals surface area contributed by atoms with Crippen LogP contribution in [0.1, 0.15) is 36.1 Å². The summed E-state index contributed by atoms with van der Waals surface area (Å²) in [6.07, 6.45) is 1.61. The number of nitrogen functional groups attached to an aromatic ring is 1. The number of Topliss-reactive ketones (excluding diaryl/α,β-unsaturated/α-hetero) is 1. The predicted octanol–water partition coefficient (Wildman–Crippen LogP) is 5.45. The molecule has 0 radical (unpaired) electrons. The average Bonchev–Trinajstić information content (AvgIpc) is 2.89. The average molecular weight is 511 g/mol. The van der Waals surface area contributed by atoms with E-state index in [1.165, 1.54) is 6.92 Å². The second-order valence-corrected chi connectivity index (χ2v) is 8.98. The SMILES string of the molecule is CC(=O)c1cccc(-c2cnc(N)nc2NC(C)c2nc3cccc(Cl)c3c(=O)n2-c2ccccc2)c1. The highest BCUT2D eigenvalue weighted by Gasteiger charge is 2.21. The minimum Gasteiger partial charge on any atom is -0.368 e. The monoisotopic (exact) mass is 510 g/mol. The Labute approximate surface area is 217 Å². The highest BCUT2D eigenvalue weighted by atomic mass is 35.5. The van der Waals surface area contributed by atoms with Crippen molar-refractivity contribution >= 4 is 40.1 Å². The van der Waals surface area contributed by atoms with E-state index in [2.05, 4.69) is 15.3 Å². The summed E-state index contributed by atoms with van der Waals surface area (Å²) in [4.78, 5) is 39.1. The number of carbonyl (C=O) groups is 1. The number of nitrogens with two attached hydrogens (primary N) is 1. The van der Waals surface area contributed by atoms with Crippen molar-refractivity contribution in [2.45, 2.75) is 19.9 Å². The van der Waals surface area contributed by atoms with Crippen molar-refractivity contribution in [3.63, 3.8) is 0 Å². The van der Waals surface area contributed by atoms with Gasteiger partial charge in [0.05, 0.1) is 27.7 Å². The van der Waals surface area contributed by atoms with Gasteiger partial charge in [-0.2, -0.15) is 4.98 Å². The molecule has 1 atom stereocenters. The third kappa shape index (κ3) is 4.66. The van der Waals surface area contributed by atoms with Crippen LogP contribution in [-0.4, -0.2) is 25.3 Å². The summed E-state index contributed by atoms with van der Waals surface area (Å²) < 4.78 is 1.55. The van der Waals surface area contributed by atoms with Gasteiger partial charge in [-0.1, -0.05) is 54.1 Å². The van der Waals surface area contributed by atoms with Crippen molar-refractivity contribution in [2.24, 2.45) is 0 Å². The first-order valence-corrected chi connectivity index (χ1v) is 12.0. The van der Waals surface area contributed by atoms with E-state index in [-0.39, 0.29) is 17.3 Å². The van der Waals surface area contributed by atoms with Crippen molar-refractivity contribution in [1.82, 2.24) is 19.5 Å². The van der Waals surface area contributed by atoms with Crippen molar-refractivity contribution in [2.75, 3.05) is 11.1 Å². The van der Waals surface area contributed by atoms with Gasteiger partial charge in [-0.3, -0.25) is 14.2 Å². The highest BCUT2D eigenvalue weighted by molar-refractivity contribution is 6.35. The number of aromatic nitrogens is 4. The fourth-order valence-corrected chi connectivity index (χ4v) is 4.47. The molecule has 0 aliphatic rings. The zero-order chi connectivity index (χ0) is 26.1. The van der Waals surface area contributed by atoms with E-state index < -0.39 is 6.04 Å². The van der Waals surface area contributed by atoms with Gasteiger partial charge in [-0.05, 0) is 49.7 Å². The Morgan fingerprint density at radius 1 is 1.03 bits per heavy atom. The summed E-state index contributed by atoms with van der Waals surface area (Å²) in [6.45, 7) is 3.39. The first-order valence-electron chi connectivity index (χ1n) is 11.6. The van der Waals surface area contributed by atoms with Crippen LogP contribution in [0.5, 0.6) is 0 Å². The molecule has 9 heteroatoms. The largest absolute Gasteiger partial charge is 0.368 e. The number of rotatable bonds is 6. The molecule has 2 heterocycles. The van der Waals surface area contributed by atoms with E-state index in [9.17, 15) is 9.59 Å². The first kappa shape index (κ1) is 24.1. The summed E-state index contributed by atoms with van der Waals surface area (Å²) in [5, 5.41) is 4.04. The maximum absolute atomic E-state index is 13.7. The third-order valence-electron chi connectivity index (χ3n) is 6.02. The number of para-hydroxylation sites is 1. The second kappa shape index (κ2) is 9.83. The number of benzene rings is 3. The van der Waals surface area contributed by atoms with Crippen LogP contribution in [-0.2, 0) is 0 Å². The Morgan fingerprint density at radius 2 is 1.78 bits per heavy atom. The third-order valence-corrected chi connectivity index (χ3v) is 6.33. The zero-order valence-corrected chi connectivity index (χ0v) is 20.9.